The van der Waals surface area contributed by atoms with Gasteiger partial charge >= 0.3 is 0 Å². The fourth-order valence-electron chi connectivity index (χ4n) is 2.75. The molecule has 0 aliphatic heterocycles. The van der Waals surface area contributed by atoms with Gasteiger partial charge in [-0.05, 0) is 55.8 Å². The lowest BCUT2D eigenvalue weighted by Crippen LogP contribution is -2.46. The van der Waals surface area contributed by atoms with Gasteiger partial charge in [0, 0.05) is 6.04 Å². The summed E-state index contributed by atoms with van der Waals surface area (Å²) in [5, 5.41) is 3.38. The Balaban J connectivity index is 2.22. The Labute approximate surface area is 92.9 Å². The van der Waals surface area contributed by atoms with Gasteiger partial charge in [-0.1, -0.05) is 25.1 Å². The highest BCUT2D eigenvalue weighted by molar-refractivity contribution is 5.37. The molecule has 0 amide bonds. The number of benzene rings is 1. The first-order valence-electron chi connectivity index (χ1n) is 5.88. The molecular formula is C14H21N. The largest absolute Gasteiger partial charge is 0.317 e. The Hall–Kier alpha value is -0.820. The molecule has 3 atom stereocenters. The number of nitrogens with one attached hydrogen (secondary N) is 1. The predicted octanol–water partition coefficient (Wildman–Crippen LogP) is 3.01. The van der Waals surface area contributed by atoms with Crippen molar-refractivity contribution in [2.45, 2.75) is 39.2 Å². The van der Waals surface area contributed by atoms with E-state index in [0.29, 0.717) is 0 Å². The van der Waals surface area contributed by atoms with E-state index in [1.54, 1.807) is 5.56 Å². The van der Waals surface area contributed by atoms with E-state index in [-0.39, 0.29) is 0 Å². The molecule has 1 saturated carbocycles. The van der Waals surface area contributed by atoms with Crippen LogP contribution in [0.2, 0.25) is 0 Å². The van der Waals surface area contributed by atoms with Gasteiger partial charge in [0.05, 0.1) is 0 Å². The molecule has 0 aromatic heterocycles. The summed E-state index contributed by atoms with van der Waals surface area (Å²) in [4.78, 5) is 0. The molecule has 1 aromatic carbocycles. The summed E-state index contributed by atoms with van der Waals surface area (Å²) in [7, 11) is 2.07. The molecule has 3 unspecified atom stereocenters. The van der Waals surface area contributed by atoms with Crippen molar-refractivity contribution in [3.63, 3.8) is 0 Å². The summed E-state index contributed by atoms with van der Waals surface area (Å²) < 4.78 is 0. The second-order valence-electron chi connectivity index (χ2n) is 4.89. The Kier molecular flexibility index (Phi) is 2.83. The lowest BCUT2D eigenvalue weighted by atomic mass is 9.66. The molecule has 0 heterocycles. The molecule has 1 heteroatoms. The third kappa shape index (κ3) is 1.69. The SMILES string of the molecule is CNC1CC(c2cccc(C)c2C)C1C. The molecular weight excluding hydrogens is 182 g/mol. The van der Waals surface area contributed by atoms with Crippen LogP contribution in [0, 0.1) is 19.8 Å². The summed E-state index contributed by atoms with van der Waals surface area (Å²) >= 11 is 0. The van der Waals surface area contributed by atoms with Crippen LogP contribution in [0.5, 0.6) is 0 Å². The number of hydrogen-bond acceptors (Lipinski definition) is 1. The second kappa shape index (κ2) is 3.97. The van der Waals surface area contributed by atoms with E-state index in [1.807, 2.05) is 0 Å². The average molecular weight is 203 g/mol. The molecule has 1 fully saturated rings. The quantitative estimate of drug-likeness (QED) is 0.779. The Morgan fingerprint density at radius 2 is 2.00 bits per heavy atom. The molecule has 82 valence electrons. The highest BCUT2D eigenvalue weighted by Gasteiger charge is 2.37. The lowest BCUT2D eigenvalue weighted by molar-refractivity contribution is 0.193. The molecule has 0 bridgehead atoms. The van der Waals surface area contributed by atoms with Crippen LogP contribution < -0.4 is 5.32 Å². The van der Waals surface area contributed by atoms with Crippen LogP contribution in [0.4, 0.5) is 0 Å². The first-order valence-corrected chi connectivity index (χ1v) is 5.88. The van der Waals surface area contributed by atoms with Crippen molar-refractivity contribution < 1.29 is 0 Å². The van der Waals surface area contributed by atoms with Crippen molar-refractivity contribution in [1.82, 2.24) is 5.32 Å². The summed E-state index contributed by atoms with van der Waals surface area (Å²) in [6.45, 7) is 6.82. The standard InChI is InChI=1S/C14H21N/c1-9-6-5-7-12(10(9)2)13-8-14(15-4)11(13)3/h5-7,11,13-15H,8H2,1-4H3. The third-order valence-corrected chi connectivity index (χ3v) is 4.19. The number of rotatable bonds is 2. The van der Waals surface area contributed by atoms with E-state index in [2.05, 4.69) is 51.3 Å². The van der Waals surface area contributed by atoms with Crippen LogP contribution in [0.3, 0.4) is 0 Å². The second-order valence-corrected chi connectivity index (χ2v) is 4.89. The molecule has 1 N–H and O–H groups in total. The van der Waals surface area contributed by atoms with Gasteiger partial charge in [-0.3, -0.25) is 0 Å². The molecule has 1 aliphatic carbocycles. The monoisotopic (exact) mass is 203 g/mol. The van der Waals surface area contributed by atoms with Crippen LogP contribution in [-0.2, 0) is 0 Å². The zero-order chi connectivity index (χ0) is 11.0. The summed E-state index contributed by atoms with van der Waals surface area (Å²) in [6.07, 6.45) is 1.29. The molecule has 15 heavy (non-hydrogen) atoms. The zero-order valence-corrected chi connectivity index (χ0v) is 10.2. The van der Waals surface area contributed by atoms with Crippen molar-refractivity contribution in [1.29, 1.82) is 0 Å². The van der Waals surface area contributed by atoms with Crippen molar-refractivity contribution in [3.8, 4) is 0 Å². The molecule has 0 radical (unpaired) electrons. The molecule has 1 nitrogen and oxygen atoms in total. The van der Waals surface area contributed by atoms with Crippen molar-refractivity contribution in [2.75, 3.05) is 7.05 Å². The Morgan fingerprint density at radius 3 is 2.60 bits per heavy atom. The fraction of sp³-hybridized carbons (Fsp3) is 0.571. The van der Waals surface area contributed by atoms with Crippen molar-refractivity contribution in [2.24, 2.45) is 5.92 Å². The van der Waals surface area contributed by atoms with Crippen LogP contribution in [0.25, 0.3) is 0 Å². The minimum Gasteiger partial charge on any atom is -0.317 e. The minimum atomic E-state index is 0.718. The highest BCUT2D eigenvalue weighted by atomic mass is 14.9. The molecule has 1 aliphatic rings. The number of aryl methyl sites for hydroxylation is 1. The van der Waals surface area contributed by atoms with Crippen LogP contribution >= 0.6 is 0 Å². The van der Waals surface area contributed by atoms with Gasteiger partial charge in [0.25, 0.3) is 0 Å². The lowest BCUT2D eigenvalue weighted by Gasteiger charge is -2.43. The van der Waals surface area contributed by atoms with Gasteiger partial charge in [-0.15, -0.1) is 0 Å². The Morgan fingerprint density at radius 1 is 1.27 bits per heavy atom. The maximum atomic E-state index is 3.38. The zero-order valence-electron chi connectivity index (χ0n) is 10.2. The van der Waals surface area contributed by atoms with E-state index < -0.39 is 0 Å². The van der Waals surface area contributed by atoms with Crippen LogP contribution in [-0.4, -0.2) is 13.1 Å². The average Bonchev–Trinajstić information content (AvgIpc) is 2.23. The number of hydrogen-bond donors (Lipinski definition) is 1. The fourth-order valence-corrected chi connectivity index (χ4v) is 2.75. The maximum absolute atomic E-state index is 3.38. The van der Waals surface area contributed by atoms with E-state index in [4.69, 9.17) is 0 Å². The van der Waals surface area contributed by atoms with E-state index in [1.165, 1.54) is 17.5 Å². The first kappa shape index (κ1) is 10.7. The van der Waals surface area contributed by atoms with Crippen LogP contribution in [0.1, 0.15) is 36.0 Å². The van der Waals surface area contributed by atoms with Gasteiger partial charge < -0.3 is 5.32 Å². The van der Waals surface area contributed by atoms with Gasteiger partial charge in [-0.2, -0.15) is 0 Å². The predicted molar refractivity (Wildman–Crippen MR) is 65.3 cm³/mol. The van der Waals surface area contributed by atoms with Gasteiger partial charge in [0.15, 0.2) is 0 Å². The Bertz CT molecular complexity index is 356. The van der Waals surface area contributed by atoms with Crippen LogP contribution in [0.15, 0.2) is 18.2 Å². The topological polar surface area (TPSA) is 12.0 Å². The van der Waals surface area contributed by atoms with Gasteiger partial charge in [0.2, 0.25) is 0 Å². The molecule has 2 rings (SSSR count). The summed E-state index contributed by atoms with van der Waals surface area (Å²) in [5.74, 6) is 1.54. The first-order chi connectivity index (χ1) is 7.15. The molecule has 0 saturated heterocycles. The normalized spacial score (nSPS) is 30.0. The summed E-state index contributed by atoms with van der Waals surface area (Å²) in [6, 6.07) is 7.42. The smallest absolute Gasteiger partial charge is 0.0101 e. The maximum Gasteiger partial charge on any atom is 0.0101 e. The summed E-state index contributed by atoms with van der Waals surface area (Å²) in [5.41, 5.74) is 4.48. The molecule has 0 spiro atoms. The minimum absolute atomic E-state index is 0.718. The van der Waals surface area contributed by atoms with E-state index in [9.17, 15) is 0 Å². The van der Waals surface area contributed by atoms with Crippen molar-refractivity contribution >= 4 is 0 Å². The van der Waals surface area contributed by atoms with Gasteiger partial charge in [0.1, 0.15) is 0 Å². The van der Waals surface area contributed by atoms with E-state index >= 15 is 0 Å². The van der Waals surface area contributed by atoms with E-state index in [0.717, 1.165) is 17.9 Å². The van der Waals surface area contributed by atoms with Crippen molar-refractivity contribution in [3.05, 3.63) is 34.9 Å². The third-order valence-electron chi connectivity index (χ3n) is 4.19. The molecule has 1 aromatic rings. The highest BCUT2D eigenvalue weighted by Crippen LogP contribution is 2.43. The van der Waals surface area contributed by atoms with Gasteiger partial charge in [-0.25, -0.2) is 0 Å².